The molecule has 202 valence electrons. The van der Waals surface area contributed by atoms with Crippen molar-refractivity contribution < 1.29 is 23.9 Å². The second-order valence-electron chi connectivity index (χ2n) is 9.58. The molecule has 4 amide bonds. The number of amides is 4. The summed E-state index contributed by atoms with van der Waals surface area (Å²) in [6, 6.07) is 9.21. The van der Waals surface area contributed by atoms with Gasteiger partial charge in [0.1, 0.15) is 17.7 Å². The first-order valence-electron chi connectivity index (χ1n) is 12.0. The van der Waals surface area contributed by atoms with Gasteiger partial charge in [0.05, 0.1) is 17.1 Å². The van der Waals surface area contributed by atoms with Crippen molar-refractivity contribution in [1.82, 2.24) is 10.2 Å². The van der Waals surface area contributed by atoms with E-state index in [1.54, 1.807) is 77.1 Å². The molecule has 0 aliphatic carbocycles. The Hall–Kier alpha value is -4.03. The van der Waals surface area contributed by atoms with Crippen LogP contribution in [0, 0.1) is 19.3 Å². The van der Waals surface area contributed by atoms with Crippen molar-refractivity contribution in [3.05, 3.63) is 64.2 Å². The number of carbonyl (C=O) groups excluding carboxylic acids is 4. The van der Waals surface area contributed by atoms with Gasteiger partial charge < -0.3 is 26.0 Å². The van der Waals surface area contributed by atoms with Gasteiger partial charge in [-0.25, -0.2) is 4.79 Å². The third kappa shape index (κ3) is 8.25. The number of benzene rings is 2. The Labute approximate surface area is 228 Å². The van der Waals surface area contributed by atoms with E-state index < -0.39 is 47.9 Å². The summed E-state index contributed by atoms with van der Waals surface area (Å²) in [5.41, 5.74) is 6.69. The molecule has 2 aromatic carbocycles. The van der Waals surface area contributed by atoms with Crippen LogP contribution in [0.2, 0.25) is 5.02 Å². The highest BCUT2D eigenvalue weighted by Gasteiger charge is 2.36. The second-order valence-corrected chi connectivity index (χ2v) is 9.99. The van der Waals surface area contributed by atoms with Gasteiger partial charge in [0.25, 0.3) is 5.91 Å². The number of carbonyl (C=O) groups is 4. The third-order valence-corrected chi connectivity index (χ3v) is 5.76. The predicted molar refractivity (Wildman–Crippen MR) is 146 cm³/mol. The number of nitrogens with zero attached hydrogens (tertiary/aromatic N) is 1. The number of nitrogens with two attached hydrogens (primary N) is 1. The molecule has 38 heavy (non-hydrogen) atoms. The maximum Gasteiger partial charge on any atom is 0.408 e. The molecule has 0 aliphatic heterocycles. The fraction of sp³-hybridized carbons (Fsp3) is 0.357. The number of hydrogen-bond donors (Lipinski definition) is 3. The quantitative estimate of drug-likeness (QED) is 0.415. The monoisotopic (exact) mass is 540 g/mol. The van der Waals surface area contributed by atoms with E-state index in [2.05, 4.69) is 16.6 Å². The highest BCUT2D eigenvalue weighted by atomic mass is 35.5. The molecule has 0 saturated carbocycles. The molecule has 0 radical (unpaired) electrons. The summed E-state index contributed by atoms with van der Waals surface area (Å²) in [6.45, 7) is 8.49. The zero-order valence-corrected chi connectivity index (χ0v) is 22.9. The molecule has 0 fully saturated rings. The smallest absolute Gasteiger partial charge is 0.408 e. The predicted octanol–water partition coefficient (Wildman–Crippen LogP) is 3.93. The van der Waals surface area contributed by atoms with Gasteiger partial charge in [-0.1, -0.05) is 41.8 Å². The molecule has 0 aromatic heterocycles. The number of terminal acetylenes is 1. The van der Waals surface area contributed by atoms with Crippen LogP contribution in [0.3, 0.4) is 0 Å². The summed E-state index contributed by atoms with van der Waals surface area (Å²) >= 11 is 6.33. The number of ether oxygens (including phenoxy) is 1. The topological polar surface area (TPSA) is 131 Å². The molecular weight excluding hydrogens is 508 g/mol. The minimum absolute atomic E-state index is 0.0561. The Balaban J connectivity index is 2.52. The van der Waals surface area contributed by atoms with Gasteiger partial charge in [-0.3, -0.25) is 14.4 Å². The molecule has 0 heterocycles. The van der Waals surface area contributed by atoms with Gasteiger partial charge in [0.15, 0.2) is 0 Å². The SMILES string of the molecule is C#Cc1ccc(C(C(=O)Nc2c(C)cccc2Cl)N(CC)C(=O)C(CC(N)=O)NC(=O)OC(C)(C)C)cc1. The molecular formula is C28H33ClN4O5. The van der Waals surface area contributed by atoms with Crippen molar-refractivity contribution in [3.8, 4) is 12.3 Å². The lowest BCUT2D eigenvalue weighted by molar-refractivity contribution is -0.141. The van der Waals surface area contributed by atoms with Crippen molar-refractivity contribution in [1.29, 1.82) is 0 Å². The normalized spacial score (nSPS) is 12.4. The molecule has 0 aliphatic rings. The van der Waals surface area contributed by atoms with Crippen molar-refractivity contribution in [2.45, 2.75) is 58.7 Å². The standard InChI is InChI=1S/C28H33ClN4O5/c1-7-18-12-14-19(15-13-18)24(25(35)32-23-17(3)10-9-11-20(23)29)33(8-2)26(36)21(16-22(30)34)31-27(37)38-28(4,5)6/h1,9-15,21,24H,8,16H2,2-6H3,(H2,30,34)(H,31,37)(H,32,35). The first kappa shape index (κ1) is 30.2. The maximum atomic E-state index is 13.7. The number of para-hydroxylation sites is 1. The van der Waals surface area contributed by atoms with E-state index in [0.717, 1.165) is 5.56 Å². The van der Waals surface area contributed by atoms with E-state index >= 15 is 0 Å². The maximum absolute atomic E-state index is 13.7. The minimum Gasteiger partial charge on any atom is -0.444 e. The van der Waals surface area contributed by atoms with Crippen molar-refractivity contribution >= 4 is 41.1 Å². The van der Waals surface area contributed by atoms with Gasteiger partial charge in [-0.15, -0.1) is 6.42 Å². The summed E-state index contributed by atoms with van der Waals surface area (Å²) in [6.07, 6.45) is 4.08. The van der Waals surface area contributed by atoms with Gasteiger partial charge in [0, 0.05) is 12.1 Å². The number of aryl methyl sites for hydroxylation is 1. The molecule has 2 aromatic rings. The van der Waals surface area contributed by atoms with Crippen LogP contribution < -0.4 is 16.4 Å². The molecule has 0 bridgehead atoms. The Morgan fingerprint density at radius 2 is 1.76 bits per heavy atom. The highest BCUT2D eigenvalue weighted by molar-refractivity contribution is 6.34. The number of hydrogen-bond acceptors (Lipinski definition) is 5. The van der Waals surface area contributed by atoms with Gasteiger partial charge in [-0.2, -0.15) is 0 Å². The first-order valence-corrected chi connectivity index (χ1v) is 12.4. The summed E-state index contributed by atoms with van der Waals surface area (Å²) in [5, 5.41) is 5.56. The molecule has 2 unspecified atom stereocenters. The summed E-state index contributed by atoms with van der Waals surface area (Å²) in [4.78, 5) is 53.0. The molecule has 4 N–H and O–H groups in total. The fourth-order valence-electron chi connectivity index (χ4n) is 3.73. The van der Waals surface area contributed by atoms with E-state index in [-0.39, 0.29) is 6.54 Å². The lowest BCUT2D eigenvalue weighted by Gasteiger charge is -2.33. The lowest BCUT2D eigenvalue weighted by atomic mass is 10.0. The van der Waals surface area contributed by atoms with E-state index in [9.17, 15) is 19.2 Å². The van der Waals surface area contributed by atoms with Gasteiger partial charge in [-0.05, 0) is 63.9 Å². The number of likely N-dealkylation sites (N-methyl/N-ethyl adjacent to an activating group) is 1. The molecule has 9 nitrogen and oxygen atoms in total. The molecule has 2 atom stereocenters. The van der Waals surface area contributed by atoms with Crippen LogP contribution in [0.15, 0.2) is 42.5 Å². The number of halogens is 1. The number of alkyl carbamates (subject to hydrolysis) is 1. The fourth-order valence-corrected chi connectivity index (χ4v) is 4.00. The minimum atomic E-state index is -1.37. The Morgan fingerprint density at radius 1 is 1.13 bits per heavy atom. The summed E-state index contributed by atoms with van der Waals surface area (Å²) in [5.74, 6) is 0.438. The van der Waals surface area contributed by atoms with Crippen molar-refractivity contribution in [2.24, 2.45) is 5.73 Å². The number of rotatable bonds is 9. The zero-order valence-electron chi connectivity index (χ0n) is 22.1. The summed E-state index contributed by atoms with van der Waals surface area (Å²) < 4.78 is 5.25. The Kier molecular flexibility index (Phi) is 10.3. The van der Waals surface area contributed by atoms with Crippen LogP contribution in [0.5, 0.6) is 0 Å². The lowest BCUT2D eigenvalue weighted by Crippen LogP contribution is -2.53. The number of nitrogens with one attached hydrogen (secondary N) is 2. The number of anilines is 1. The third-order valence-electron chi connectivity index (χ3n) is 5.44. The first-order chi connectivity index (χ1) is 17.8. The second kappa shape index (κ2) is 13.0. The van der Waals surface area contributed by atoms with Crippen LogP contribution in [0.25, 0.3) is 0 Å². The molecule has 0 saturated heterocycles. The Morgan fingerprint density at radius 3 is 2.26 bits per heavy atom. The zero-order chi connectivity index (χ0) is 28.6. The van der Waals surface area contributed by atoms with Crippen LogP contribution in [-0.2, 0) is 19.1 Å². The van der Waals surface area contributed by atoms with Crippen molar-refractivity contribution in [3.63, 3.8) is 0 Å². The van der Waals surface area contributed by atoms with E-state index in [1.807, 2.05) is 0 Å². The molecule has 10 heteroatoms. The molecule has 0 spiro atoms. The van der Waals surface area contributed by atoms with E-state index in [0.29, 0.717) is 21.8 Å². The van der Waals surface area contributed by atoms with E-state index in [1.165, 1.54) is 4.90 Å². The van der Waals surface area contributed by atoms with E-state index in [4.69, 9.17) is 28.5 Å². The van der Waals surface area contributed by atoms with Crippen LogP contribution >= 0.6 is 11.6 Å². The van der Waals surface area contributed by atoms with Crippen LogP contribution in [-0.4, -0.2) is 46.9 Å². The largest absolute Gasteiger partial charge is 0.444 e. The van der Waals surface area contributed by atoms with Gasteiger partial charge >= 0.3 is 6.09 Å². The number of primary amides is 1. The summed E-state index contributed by atoms with van der Waals surface area (Å²) in [7, 11) is 0. The van der Waals surface area contributed by atoms with Crippen LogP contribution in [0.4, 0.5) is 10.5 Å². The van der Waals surface area contributed by atoms with Crippen molar-refractivity contribution in [2.75, 3.05) is 11.9 Å². The highest BCUT2D eigenvalue weighted by Crippen LogP contribution is 2.29. The Bertz CT molecular complexity index is 1210. The average Bonchev–Trinajstić information content (AvgIpc) is 2.82. The van der Waals surface area contributed by atoms with Gasteiger partial charge in [0.2, 0.25) is 11.8 Å². The molecule has 2 rings (SSSR count). The van der Waals surface area contributed by atoms with Crippen LogP contribution in [0.1, 0.15) is 56.8 Å². The average molecular weight is 541 g/mol.